The van der Waals surface area contributed by atoms with E-state index < -0.39 is 5.97 Å². The largest absolute Gasteiger partial charge is 0.481 e. The molecular weight excluding hydrogens is 196 g/mol. The molecule has 5 heteroatoms. The summed E-state index contributed by atoms with van der Waals surface area (Å²) in [5.74, 6) is -0.259. The average Bonchev–Trinajstić information content (AvgIpc) is 2.12. The van der Waals surface area contributed by atoms with E-state index >= 15 is 0 Å². The summed E-state index contributed by atoms with van der Waals surface area (Å²) >= 11 is 0. The van der Waals surface area contributed by atoms with Gasteiger partial charge in [-0.3, -0.25) is 9.59 Å². The Labute approximate surface area is 87.2 Å². The number of aliphatic carboxylic acids is 1. The first-order valence-electron chi connectivity index (χ1n) is 4.79. The number of carbonyl (C=O) groups is 1. The fourth-order valence-electron chi connectivity index (χ4n) is 1.35. The van der Waals surface area contributed by atoms with E-state index in [1.807, 2.05) is 0 Å². The van der Waals surface area contributed by atoms with Crippen molar-refractivity contribution in [2.75, 3.05) is 0 Å². The molecule has 0 amide bonds. The molecule has 0 unspecified atom stereocenters. The zero-order chi connectivity index (χ0) is 11.4. The molecule has 0 atom stereocenters. The van der Waals surface area contributed by atoms with Crippen molar-refractivity contribution in [3.63, 3.8) is 0 Å². The van der Waals surface area contributed by atoms with Crippen molar-refractivity contribution in [1.29, 1.82) is 0 Å². The highest BCUT2D eigenvalue weighted by atomic mass is 16.4. The van der Waals surface area contributed by atoms with Crippen LogP contribution in [0.15, 0.2) is 4.79 Å². The van der Waals surface area contributed by atoms with E-state index in [0.717, 1.165) is 0 Å². The highest BCUT2D eigenvalue weighted by Crippen LogP contribution is 2.04. The molecule has 82 valence electrons. The minimum absolute atomic E-state index is 0.104. The fourth-order valence-corrected chi connectivity index (χ4v) is 1.35. The lowest BCUT2D eigenvalue weighted by Gasteiger charge is -2.03. The van der Waals surface area contributed by atoms with Gasteiger partial charge in [0.2, 0.25) is 0 Å². The number of nitrogens with one attached hydrogen (secondary N) is 1. The van der Waals surface area contributed by atoms with Gasteiger partial charge in [0.25, 0.3) is 5.56 Å². The van der Waals surface area contributed by atoms with Crippen LogP contribution in [0, 0.1) is 13.8 Å². The molecule has 0 saturated heterocycles. The second-order valence-corrected chi connectivity index (χ2v) is 3.47. The Bertz CT molecular complexity index is 423. The van der Waals surface area contributed by atoms with Crippen LogP contribution in [-0.4, -0.2) is 21.0 Å². The van der Waals surface area contributed by atoms with E-state index in [1.165, 1.54) is 0 Å². The lowest BCUT2D eigenvalue weighted by molar-refractivity contribution is -0.137. The van der Waals surface area contributed by atoms with Crippen LogP contribution >= 0.6 is 0 Å². The first-order chi connectivity index (χ1) is 7.00. The summed E-state index contributed by atoms with van der Waals surface area (Å²) in [4.78, 5) is 28.4. The Balaban J connectivity index is 2.77. The van der Waals surface area contributed by atoms with Crippen molar-refractivity contribution in [1.82, 2.24) is 9.97 Å². The van der Waals surface area contributed by atoms with Gasteiger partial charge < -0.3 is 10.1 Å². The second-order valence-electron chi connectivity index (χ2n) is 3.47. The van der Waals surface area contributed by atoms with E-state index in [2.05, 4.69) is 9.97 Å². The third kappa shape index (κ3) is 3.19. The third-order valence-corrected chi connectivity index (χ3v) is 2.17. The van der Waals surface area contributed by atoms with E-state index in [0.29, 0.717) is 29.9 Å². The van der Waals surface area contributed by atoms with Gasteiger partial charge in [0.15, 0.2) is 0 Å². The molecule has 0 saturated carbocycles. The quantitative estimate of drug-likeness (QED) is 0.769. The Morgan fingerprint density at radius 2 is 2.13 bits per heavy atom. The Hall–Kier alpha value is -1.65. The summed E-state index contributed by atoms with van der Waals surface area (Å²) in [5, 5.41) is 8.48. The molecule has 0 fully saturated rings. The van der Waals surface area contributed by atoms with Gasteiger partial charge in [-0.15, -0.1) is 0 Å². The van der Waals surface area contributed by atoms with Gasteiger partial charge in [-0.1, -0.05) is 0 Å². The normalized spacial score (nSPS) is 10.3. The Kier molecular flexibility index (Phi) is 3.60. The summed E-state index contributed by atoms with van der Waals surface area (Å²) in [5.41, 5.74) is 1.12. The standard InChI is InChI=1S/C10H14N2O3/c1-6-8(4-3-5-9(13)14)11-7(2)12-10(6)15/h3-5H2,1-2H3,(H,13,14)(H,11,12,15). The SMILES string of the molecule is Cc1nc(CCCC(=O)O)c(C)c(=O)[nH]1. The van der Waals surface area contributed by atoms with E-state index in [9.17, 15) is 9.59 Å². The molecule has 1 heterocycles. The number of aromatic nitrogens is 2. The minimum Gasteiger partial charge on any atom is -0.481 e. The van der Waals surface area contributed by atoms with Crippen molar-refractivity contribution < 1.29 is 9.90 Å². The van der Waals surface area contributed by atoms with E-state index in [-0.39, 0.29) is 12.0 Å². The molecule has 0 aliphatic carbocycles. The number of rotatable bonds is 4. The lowest BCUT2D eigenvalue weighted by Crippen LogP contribution is -2.16. The first kappa shape index (κ1) is 11.4. The zero-order valence-electron chi connectivity index (χ0n) is 8.83. The molecule has 1 rings (SSSR count). The maximum Gasteiger partial charge on any atom is 0.303 e. The number of hydrogen-bond acceptors (Lipinski definition) is 3. The summed E-state index contributed by atoms with van der Waals surface area (Å²) in [6.45, 7) is 3.41. The minimum atomic E-state index is -0.825. The summed E-state index contributed by atoms with van der Waals surface area (Å²) in [6, 6.07) is 0. The van der Waals surface area contributed by atoms with Crippen LogP contribution in [0.1, 0.15) is 29.9 Å². The molecule has 0 aliphatic heterocycles. The van der Waals surface area contributed by atoms with Crippen molar-refractivity contribution in [2.45, 2.75) is 33.1 Å². The van der Waals surface area contributed by atoms with Crippen LogP contribution < -0.4 is 5.56 Å². The molecule has 0 spiro atoms. The molecule has 1 aromatic rings. The number of nitrogens with zero attached hydrogens (tertiary/aromatic N) is 1. The summed E-state index contributed by atoms with van der Waals surface area (Å²) in [7, 11) is 0. The van der Waals surface area contributed by atoms with Gasteiger partial charge in [-0.25, -0.2) is 4.98 Å². The van der Waals surface area contributed by atoms with Crippen molar-refractivity contribution >= 4 is 5.97 Å². The predicted molar refractivity (Wildman–Crippen MR) is 54.9 cm³/mol. The predicted octanol–water partition coefficient (Wildman–Crippen LogP) is 0.794. The molecule has 2 N–H and O–H groups in total. The average molecular weight is 210 g/mol. The van der Waals surface area contributed by atoms with E-state index in [1.54, 1.807) is 13.8 Å². The van der Waals surface area contributed by atoms with Crippen LogP contribution in [0.3, 0.4) is 0 Å². The molecule has 0 aromatic carbocycles. The molecule has 15 heavy (non-hydrogen) atoms. The zero-order valence-corrected chi connectivity index (χ0v) is 8.83. The van der Waals surface area contributed by atoms with Gasteiger partial charge in [-0.05, 0) is 26.7 Å². The second kappa shape index (κ2) is 4.72. The first-order valence-corrected chi connectivity index (χ1v) is 4.79. The number of aromatic amines is 1. The van der Waals surface area contributed by atoms with Crippen LogP contribution in [0.25, 0.3) is 0 Å². The molecular formula is C10H14N2O3. The Morgan fingerprint density at radius 1 is 1.47 bits per heavy atom. The van der Waals surface area contributed by atoms with Gasteiger partial charge >= 0.3 is 5.97 Å². The maximum atomic E-state index is 11.3. The maximum absolute atomic E-state index is 11.3. The molecule has 1 aromatic heterocycles. The van der Waals surface area contributed by atoms with Crippen LogP contribution in [0.4, 0.5) is 0 Å². The smallest absolute Gasteiger partial charge is 0.303 e. The monoisotopic (exact) mass is 210 g/mol. The van der Waals surface area contributed by atoms with Crippen LogP contribution in [-0.2, 0) is 11.2 Å². The number of carboxylic acids is 1. The fraction of sp³-hybridized carbons (Fsp3) is 0.500. The van der Waals surface area contributed by atoms with Gasteiger partial charge in [0.1, 0.15) is 5.82 Å². The summed E-state index contributed by atoms with van der Waals surface area (Å²) in [6.07, 6.45) is 1.14. The molecule has 0 bridgehead atoms. The summed E-state index contributed by atoms with van der Waals surface area (Å²) < 4.78 is 0. The molecule has 5 nitrogen and oxygen atoms in total. The van der Waals surface area contributed by atoms with Crippen molar-refractivity contribution in [3.05, 3.63) is 27.4 Å². The molecule has 0 radical (unpaired) electrons. The lowest BCUT2D eigenvalue weighted by atomic mass is 10.1. The number of H-pyrrole nitrogens is 1. The van der Waals surface area contributed by atoms with Crippen LogP contribution in [0.5, 0.6) is 0 Å². The van der Waals surface area contributed by atoms with Gasteiger partial charge in [-0.2, -0.15) is 0 Å². The van der Waals surface area contributed by atoms with Crippen molar-refractivity contribution in [3.8, 4) is 0 Å². The third-order valence-electron chi connectivity index (χ3n) is 2.17. The van der Waals surface area contributed by atoms with Crippen LogP contribution in [0.2, 0.25) is 0 Å². The van der Waals surface area contributed by atoms with Gasteiger partial charge in [0.05, 0.1) is 5.69 Å². The number of aryl methyl sites for hydroxylation is 2. The molecule has 0 aliphatic rings. The highest BCUT2D eigenvalue weighted by molar-refractivity contribution is 5.66. The van der Waals surface area contributed by atoms with Crippen molar-refractivity contribution in [2.24, 2.45) is 0 Å². The number of hydrogen-bond donors (Lipinski definition) is 2. The van der Waals surface area contributed by atoms with Gasteiger partial charge in [0, 0.05) is 12.0 Å². The topological polar surface area (TPSA) is 83.0 Å². The Morgan fingerprint density at radius 3 is 2.73 bits per heavy atom. The van der Waals surface area contributed by atoms with E-state index in [4.69, 9.17) is 5.11 Å². The highest BCUT2D eigenvalue weighted by Gasteiger charge is 2.06. The number of carboxylic acid groups (broad SMARTS) is 1.